The number of nitrogens with two attached hydrogens (primary N) is 1. The minimum Gasteiger partial charge on any atom is -0.381 e. The summed E-state index contributed by atoms with van der Waals surface area (Å²) in [5.41, 5.74) is 6.65. The van der Waals surface area contributed by atoms with Crippen molar-refractivity contribution in [3.8, 4) is 0 Å². The molecule has 1 aromatic rings. The number of ether oxygens (including phenoxy) is 1. The Labute approximate surface area is 126 Å². The van der Waals surface area contributed by atoms with Gasteiger partial charge in [-0.15, -0.1) is 0 Å². The summed E-state index contributed by atoms with van der Waals surface area (Å²) in [6.45, 7) is 3.42. The number of likely N-dealkylation sites (N-methyl/N-ethyl adjacent to an activating group) is 1. The molecule has 0 spiro atoms. The molecule has 0 aliphatic carbocycles. The fraction of sp³-hybridized carbons (Fsp3) is 0.562. The van der Waals surface area contributed by atoms with E-state index in [1.165, 1.54) is 5.56 Å². The molecule has 0 unspecified atom stereocenters. The van der Waals surface area contributed by atoms with Gasteiger partial charge in [0.15, 0.2) is 0 Å². The van der Waals surface area contributed by atoms with Crippen LogP contribution in [0.2, 0.25) is 0 Å². The molecule has 21 heavy (non-hydrogen) atoms. The first kappa shape index (κ1) is 15.9. The molecule has 1 fully saturated rings. The van der Waals surface area contributed by atoms with Crippen LogP contribution in [0.4, 0.5) is 0 Å². The topological polar surface area (TPSA) is 67.6 Å². The van der Waals surface area contributed by atoms with Crippen LogP contribution in [-0.2, 0) is 16.1 Å². The zero-order chi connectivity index (χ0) is 15.1. The van der Waals surface area contributed by atoms with Crippen LogP contribution in [0.3, 0.4) is 0 Å². The van der Waals surface area contributed by atoms with Crippen LogP contribution in [0.25, 0.3) is 0 Å². The van der Waals surface area contributed by atoms with Gasteiger partial charge in [-0.05, 0) is 25.5 Å². The van der Waals surface area contributed by atoms with E-state index in [-0.39, 0.29) is 5.91 Å². The van der Waals surface area contributed by atoms with Gasteiger partial charge in [0, 0.05) is 32.8 Å². The molecule has 1 amide bonds. The Kier molecular flexibility index (Phi) is 5.73. The normalized spacial score (nSPS) is 17.7. The van der Waals surface area contributed by atoms with Crippen molar-refractivity contribution in [2.24, 2.45) is 5.73 Å². The Balaban J connectivity index is 1.70. The number of nitrogens with zero attached hydrogens (tertiary/aromatic N) is 1. The Hall–Kier alpha value is -1.43. The molecule has 5 nitrogen and oxygen atoms in total. The maximum Gasteiger partial charge on any atom is 0.240 e. The number of hydrogen-bond acceptors (Lipinski definition) is 4. The molecule has 1 saturated heterocycles. The summed E-state index contributed by atoms with van der Waals surface area (Å²) < 4.78 is 5.26. The van der Waals surface area contributed by atoms with E-state index in [0.717, 1.165) is 13.1 Å². The predicted octanol–water partition coefficient (Wildman–Crippen LogP) is 0.743. The fourth-order valence-electron chi connectivity index (χ4n) is 2.47. The monoisotopic (exact) mass is 291 g/mol. The lowest BCUT2D eigenvalue weighted by Gasteiger charge is -2.32. The highest BCUT2D eigenvalue weighted by atomic mass is 16.5. The summed E-state index contributed by atoms with van der Waals surface area (Å²) in [6.07, 6.45) is 1.19. The van der Waals surface area contributed by atoms with Crippen LogP contribution in [0.1, 0.15) is 18.4 Å². The van der Waals surface area contributed by atoms with Crippen LogP contribution in [0.15, 0.2) is 30.3 Å². The molecular weight excluding hydrogens is 266 g/mol. The van der Waals surface area contributed by atoms with Gasteiger partial charge in [0.25, 0.3) is 0 Å². The van der Waals surface area contributed by atoms with Gasteiger partial charge in [0.1, 0.15) is 0 Å². The maximum atomic E-state index is 12.1. The third-order valence-electron chi connectivity index (χ3n) is 3.91. The Bertz CT molecular complexity index is 444. The van der Waals surface area contributed by atoms with Crippen molar-refractivity contribution in [2.75, 3.05) is 33.4 Å². The van der Waals surface area contributed by atoms with E-state index in [1.54, 1.807) is 0 Å². The van der Waals surface area contributed by atoms with E-state index in [9.17, 15) is 4.79 Å². The van der Waals surface area contributed by atoms with Crippen molar-refractivity contribution < 1.29 is 9.53 Å². The quantitative estimate of drug-likeness (QED) is 0.811. The van der Waals surface area contributed by atoms with Crippen LogP contribution >= 0.6 is 0 Å². The second kappa shape index (κ2) is 7.54. The summed E-state index contributed by atoms with van der Waals surface area (Å²) in [6, 6.07) is 10.3. The Morgan fingerprint density at radius 2 is 2.00 bits per heavy atom. The molecule has 5 heteroatoms. The van der Waals surface area contributed by atoms with E-state index >= 15 is 0 Å². The first-order valence-corrected chi connectivity index (χ1v) is 7.47. The van der Waals surface area contributed by atoms with Gasteiger partial charge >= 0.3 is 0 Å². The molecular formula is C16H25N3O2. The van der Waals surface area contributed by atoms with Crippen molar-refractivity contribution >= 4 is 5.91 Å². The molecule has 1 heterocycles. The summed E-state index contributed by atoms with van der Waals surface area (Å²) in [4.78, 5) is 14.3. The lowest BCUT2D eigenvalue weighted by molar-refractivity contribution is -0.129. The number of amides is 1. The molecule has 116 valence electrons. The summed E-state index contributed by atoms with van der Waals surface area (Å²) in [5, 5.41) is 2.95. The second-order valence-electron chi connectivity index (χ2n) is 5.75. The number of rotatable bonds is 6. The highest BCUT2D eigenvalue weighted by Crippen LogP contribution is 2.17. The highest BCUT2D eigenvalue weighted by Gasteiger charge is 2.35. The summed E-state index contributed by atoms with van der Waals surface area (Å²) in [5.74, 6) is -0.0566. The van der Waals surface area contributed by atoms with Crippen LogP contribution in [0, 0.1) is 0 Å². The first-order valence-electron chi connectivity index (χ1n) is 7.47. The number of hydrogen-bond donors (Lipinski definition) is 2. The second-order valence-corrected chi connectivity index (χ2v) is 5.75. The van der Waals surface area contributed by atoms with E-state index in [1.807, 2.05) is 25.2 Å². The molecule has 0 aromatic heterocycles. The van der Waals surface area contributed by atoms with Gasteiger partial charge in [-0.3, -0.25) is 4.79 Å². The molecule has 3 N–H and O–H groups in total. The third-order valence-corrected chi connectivity index (χ3v) is 3.91. The summed E-state index contributed by atoms with van der Waals surface area (Å²) >= 11 is 0. The van der Waals surface area contributed by atoms with Gasteiger partial charge < -0.3 is 20.7 Å². The van der Waals surface area contributed by atoms with Gasteiger partial charge in [0.05, 0.1) is 5.54 Å². The largest absolute Gasteiger partial charge is 0.381 e. The Morgan fingerprint density at radius 1 is 1.33 bits per heavy atom. The molecule has 1 aliphatic rings. The molecule has 0 saturated carbocycles. The molecule has 0 atom stereocenters. The average molecular weight is 291 g/mol. The molecule has 0 bridgehead atoms. The highest BCUT2D eigenvalue weighted by molar-refractivity contribution is 5.86. The molecule has 0 radical (unpaired) electrons. The van der Waals surface area contributed by atoms with E-state index in [2.05, 4.69) is 22.3 Å². The lowest BCUT2D eigenvalue weighted by atomic mass is 9.90. The minimum atomic E-state index is -0.754. The van der Waals surface area contributed by atoms with Crippen molar-refractivity contribution in [3.05, 3.63) is 35.9 Å². The number of nitrogens with one attached hydrogen (secondary N) is 1. The van der Waals surface area contributed by atoms with Gasteiger partial charge in [-0.1, -0.05) is 30.3 Å². The van der Waals surface area contributed by atoms with Gasteiger partial charge in [-0.2, -0.15) is 0 Å². The average Bonchev–Trinajstić information content (AvgIpc) is 2.49. The van der Waals surface area contributed by atoms with Crippen LogP contribution in [0.5, 0.6) is 0 Å². The third kappa shape index (κ3) is 4.81. The maximum absolute atomic E-state index is 12.1. The first-order chi connectivity index (χ1) is 10.1. The SMILES string of the molecule is CN(CCNC(=O)C1(N)CCOCC1)Cc1ccccc1. The number of carbonyl (C=O) groups is 1. The van der Waals surface area contributed by atoms with Crippen LogP contribution < -0.4 is 11.1 Å². The standard InChI is InChI=1S/C16H25N3O2/c1-19(13-14-5-3-2-4-6-14)10-9-18-15(20)16(17)7-11-21-12-8-16/h2-6H,7-13,17H2,1H3,(H,18,20). The van der Waals surface area contributed by atoms with Crippen molar-refractivity contribution in [1.82, 2.24) is 10.2 Å². The summed E-state index contributed by atoms with van der Waals surface area (Å²) in [7, 11) is 2.05. The predicted molar refractivity (Wildman–Crippen MR) is 82.8 cm³/mol. The molecule has 1 aliphatic heterocycles. The number of carbonyl (C=O) groups excluding carboxylic acids is 1. The van der Waals surface area contributed by atoms with Crippen molar-refractivity contribution in [2.45, 2.75) is 24.9 Å². The smallest absolute Gasteiger partial charge is 0.240 e. The van der Waals surface area contributed by atoms with Crippen LogP contribution in [-0.4, -0.2) is 49.7 Å². The zero-order valence-electron chi connectivity index (χ0n) is 12.7. The van der Waals surface area contributed by atoms with E-state index in [4.69, 9.17) is 10.5 Å². The van der Waals surface area contributed by atoms with Crippen molar-refractivity contribution in [1.29, 1.82) is 0 Å². The minimum absolute atomic E-state index is 0.0566. The van der Waals surface area contributed by atoms with Gasteiger partial charge in [0.2, 0.25) is 5.91 Å². The van der Waals surface area contributed by atoms with Gasteiger partial charge in [-0.25, -0.2) is 0 Å². The molecule has 2 rings (SSSR count). The van der Waals surface area contributed by atoms with E-state index < -0.39 is 5.54 Å². The zero-order valence-corrected chi connectivity index (χ0v) is 12.7. The van der Waals surface area contributed by atoms with E-state index in [0.29, 0.717) is 32.6 Å². The Morgan fingerprint density at radius 3 is 2.67 bits per heavy atom. The molecule has 1 aromatic carbocycles. The fourth-order valence-corrected chi connectivity index (χ4v) is 2.47. The lowest BCUT2D eigenvalue weighted by Crippen LogP contribution is -2.57. The van der Waals surface area contributed by atoms with Crippen molar-refractivity contribution in [3.63, 3.8) is 0 Å². The number of benzene rings is 1.